The molecule has 6 nitrogen and oxygen atoms in total. The molecule has 0 aromatic rings. The first-order chi connectivity index (χ1) is 32.0. The molecule has 0 saturated heterocycles. The number of hydrogen-bond acceptors (Lipinski definition) is 6. The zero-order valence-electron chi connectivity index (χ0n) is 42.7. The van der Waals surface area contributed by atoms with Crippen LogP contribution in [0.5, 0.6) is 0 Å². The summed E-state index contributed by atoms with van der Waals surface area (Å²) in [5.74, 6) is -0.977. The first kappa shape index (κ1) is 61.9. The average molecular weight is 907 g/mol. The predicted molar refractivity (Wildman–Crippen MR) is 279 cm³/mol. The van der Waals surface area contributed by atoms with Gasteiger partial charge in [-0.25, -0.2) is 0 Å². The van der Waals surface area contributed by atoms with E-state index in [1.54, 1.807) is 0 Å². The monoisotopic (exact) mass is 907 g/mol. The summed E-state index contributed by atoms with van der Waals surface area (Å²) in [5, 5.41) is 0. The van der Waals surface area contributed by atoms with E-state index in [1.807, 2.05) is 6.08 Å². The second kappa shape index (κ2) is 53.5. The summed E-state index contributed by atoms with van der Waals surface area (Å²) in [7, 11) is 0. The molecule has 0 aliphatic carbocycles. The van der Waals surface area contributed by atoms with Gasteiger partial charge in [-0.3, -0.25) is 14.4 Å². The van der Waals surface area contributed by atoms with Crippen molar-refractivity contribution in [3.05, 3.63) is 72.9 Å². The Morgan fingerprint density at radius 3 is 0.938 bits per heavy atom. The van der Waals surface area contributed by atoms with Gasteiger partial charge in [-0.15, -0.1) is 0 Å². The van der Waals surface area contributed by atoms with Crippen molar-refractivity contribution in [3.63, 3.8) is 0 Å². The Hall–Kier alpha value is -3.15. The van der Waals surface area contributed by atoms with Crippen molar-refractivity contribution >= 4 is 17.9 Å². The maximum absolute atomic E-state index is 12.8. The van der Waals surface area contributed by atoms with Crippen LogP contribution in [0.15, 0.2) is 72.9 Å². The molecule has 0 amide bonds. The van der Waals surface area contributed by atoms with Crippen LogP contribution in [0, 0.1) is 0 Å². The summed E-state index contributed by atoms with van der Waals surface area (Å²) in [6, 6.07) is 0. The fourth-order valence-corrected chi connectivity index (χ4v) is 7.65. The SMILES string of the molecule is CC/C=C\C/C=C\C/C=C\C/C=C\C/C=C\C/C=C\CCC(=O)OCC(COC(=O)CCCCCCCCCCCC)OC(=O)CCCCCCCCCCCCCCCCCCCC. The van der Waals surface area contributed by atoms with Gasteiger partial charge in [-0.1, -0.05) is 261 Å². The standard InChI is InChI=1S/C59H102O6/c1-4-7-10-13-16-19-22-24-26-28-30-32-33-35-37-40-43-46-49-52-58(61)64-55-56(54-63-57(60)51-48-45-42-39-21-18-15-12-9-6-3)65-59(62)53-50-47-44-41-38-36-34-31-29-27-25-23-20-17-14-11-8-5-2/h7,10,16,19,24,26,30,32,35,37,43,46,56H,4-6,8-9,11-15,17-18,20-23,25,27-29,31,33-34,36,38-42,44-45,47-55H2,1-3H3/b10-7-,19-16-,26-24-,32-30-,37-35-,46-43-. The highest BCUT2D eigenvalue weighted by Crippen LogP contribution is 2.16. The zero-order chi connectivity index (χ0) is 47.2. The summed E-state index contributed by atoms with van der Waals surface area (Å²) < 4.78 is 16.7. The molecule has 374 valence electrons. The van der Waals surface area contributed by atoms with Crippen molar-refractivity contribution in [2.45, 2.75) is 271 Å². The van der Waals surface area contributed by atoms with Crippen LogP contribution < -0.4 is 0 Å². The normalized spacial score (nSPS) is 12.6. The molecule has 0 bridgehead atoms. The average Bonchev–Trinajstić information content (AvgIpc) is 3.30. The van der Waals surface area contributed by atoms with E-state index >= 15 is 0 Å². The first-order valence-electron chi connectivity index (χ1n) is 27.4. The van der Waals surface area contributed by atoms with E-state index < -0.39 is 6.10 Å². The van der Waals surface area contributed by atoms with Gasteiger partial charge < -0.3 is 14.2 Å². The van der Waals surface area contributed by atoms with Crippen LogP contribution in [0.3, 0.4) is 0 Å². The van der Waals surface area contributed by atoms with Crippen LogP contribution in [0.25, 0.3) is 0 Å². The maximum atomic E-state index is 12.8. The van der Waals surface area contributed by atoms with Gasteiger partial charge in [0.15, 0.2) is 6.10 Å². The zero-order valence-corrected chi connectivity index (χ0v) is 42.7. The van der Waals surface area contributed by atoms with Gasteiger partial charge >= 0.3 is 17.9 Å². The molecular weight excluding hydrogens is 805 g/mol. The summed E-state index contributed by atoms with van der Waals surface area (Å²) in [6.45, 7) is 6.47. The highest BCUT2D eigenvalue weighted by molar-refractivity contribution is 5.71. The topological polar surface area (TPSA) is 78.9 Å². The highest BCUT2D eigenvalue weighted by Gasteiger charge is 2.19. The molecule has 0 aromatic carbocycles. The Morgan fingerprint density at radius 2 is 0.600 bits per heavy atom. The van der Waals surface area contributed by atoms with E-state index in [2.05, 4.69) is 87.6 Å². The molecule has 1 atom stereocenters. The van der Waals surface area contributed by atoms with Gasteiger partial charge in [-0.2, -0.15) is 0 Å². The molecule has 0 saturated carbocycles. The summed E-state index contributed by atoms with van der Waals surface area (Å²) in [6.07, 6.45) is 67.6. The first-order valence-corrected chi connectivity index (χ1v) is 27.4. The Balaban J connectivity index is 4.42. The van der Waals surface area contributed by atoms with E-state index in [1.165, 1.54) is 141 Å². The van der Waals surface area contributed by atoms with Crippen LogP contribution in [-0.2, 0) is 28.6 Å². The lowest BCUT2D eigenvalue weighted by Crippen LogP contribution is -2.30. The number of esters is 3. The van der Waals surface area contributed by atoms with Gasteiger partial charge in [0, 0.05) is 19.3 Å². The van der Waals surface area contributed by atoms with Crippen molar-refractivity contribution in [1.82, 2.24) is 0 Å². The van der Waals surface area contributed by atoms with Crippen LogP contribution in [0.1, 0.15) is 265 Å². The van der Waals surface area contributed by atoms with Crippen molar-refractivity contribution in [3.8, 4) is 0 Å². The minimum Gasteiger partial charge on any atom is -0.462 e. The minimum atomic E-state index is -0.801. The number of allylic oxidation sites excluding steroid dienone is 12. The van der Waals surface area contributed by atoms with E-state index in [9.17, 15) is 14.4 Å². The van der Waals surface area contributed by atoms with Crippen LogP contribution >= 0.6 is 0 Å². The van der Waals surface area contributed by atoms with Crippen molar-refractivity contribution in [1.29, 1.82) is 0 Å². The number of ether oxygens (including phenoxy) is 3. The Kier molecular flexibility index (Phi) is 50.9. The van der Waals surface area contributed by atoms with E-state index in [0.717, 1.165) is 77.0 Å². The maximum Gasteiger partial charge on any atom is 0.306 e. The Morgan fingerprint density at radius 1 is 0.323 bits per heavy atom. The smallest absolute Gasteiger partial charge is 0.306 e. The summed E-state index contributed by atoms with van der Waals surface area (Å²) >= 11 is 0. The van der Waals surface area contributed by atoms with Crippen LogP contribution in [-0.4, -0.2) is 37.2 Å². The molecule has 65 heavy (non-hydrogen) atoms. The summed E-state index contributed by atoms with van der Waals surface area (Å²) in [4.78, 5) is 38.0. The van der Waals surface area contributed by atoms with Gasteiger partial charge in [0.05, 0.1) is 0 Å². The van der Waals surface area contributed by atoms with E-state index in [4.69, 9.17) is 14.2 Å². The third-order valence-electron chi connectivity index (χ3n) is 11.7. The van der Waals surface area contributed by atoms with Gasteiger partial charge in [-0.05, 0) is 57.8 Å². The predicted octanol–water partition coefficient (Wildman–Crippen LogP) is 18.2. The van der Waals surface area contributed by atoms with E-state index in [-0.39, 0.29) is 37.5 Å². The molecular formula is C59H102O6. The minimum absolute atomic E-state index is 0.0953. The number of hydrogen-bond donors (Lipinski definition) is 0. The van der Waals surface area contributed by atoms with Crippen molar-refractivity contribution < 1.29 is 28.6 Å². The molecule has 0 spiro atoms. The largest absolute Gasteiger partial charge is 0.462 e. The van der Waals surface area contributed by atoms with Gasteiger partial charge in [0.1, 0.15) is 13.2 Å². The molecule has 0 aliphatic heterocycles. The van der Waals surface area contributed by atoms with Crippen LogP contribution in [0.4, 0.5) is 0 Å². The molecule has 0 fully saturated rings. The number of unbranched alkanes of at least 4 members (excludes halogenated alkanes) is 26. The van der Waals surface area contributed by atoms with Crippen molar-refractivity contribution in [2.75, 3.05) is 13.2 Å². The summed E-state index contributed by atoms with van der Waals surface area (Å²) in [5.41, 5.74) is 0. The quantitative estimate of drug-likeness (QED) is 0.0262. The Bertz CT molecular complexity index is 1230. The van der Waals surface area contributed by atoms with Gasteiger partial charge in [0.25, 0.3) is 0 Å². The number of rotatable bonds is 49. The molecule has 0 heterocycles. The molecule has 1 unspecified atom stereocenters. The lowest BCUT2D eigenvalue weighted by molar-refractivity contribution is -0.166. The second-order valence-electron chi connectivity index (χ2n) is 18.1. The molecule has 0 N–H and O–H groups in total. The number of carbonyl (C=O) groups is 3. The Labute approximate surface area is 402 Å². The van der Waals surface area contributed by atoms with Crippen molar-refractivity contribution in [2.24, 2.45) is 0 Å². The number of carbonyl (C=O) groups excluding carboxylic acids is 3. The molecule has 0 radical (unpaired) electrons. The van der Waals surface area contributed by atoms with E-state index in [0.29, 0.717) is 19.3 Å². The molecule has 0 aromatic heterocycles. The third-order valence-corrected chi connectivity index (χ3v) is 11.7. The molecule has 0 rings (SSSR count). The fourth-order valence-electron chi connectivity index (χ4n) is 7.65. The highest BCUT2D eigenvalue weighted by atomic mass is 16.6. The lowest BCUT2D eigenvalue weighted by Gasteiger charge is -2.18. The van der Waals surface area contributed by atoms with Crippen LogP contribution in [0.2, 0.25) is 0 Å². The lowest BCUT2D eigenvalue weighted by atomic mass is 10.0. The molecule has 0 aliphatic rings. The van der Waals surface area contributed by atoms with Gasteiger partial charge in [0.2, 0.25) is 0 Å². The third kappa shape index (κ3) is 51.7. The second-order valence-corrected chi connectivity index (χ2v) is 18.1. The molecule has 6 heteroatoms. The fraction of sp³-hybridized carbons (Fsp3) is 0.746.